The van der Waals surface area contributed by atoms with E-state index in [1.54, 1.807) is 24.5 Å². The Bertz CT molecular complexity index is 1420. The number of piperazine rings is 1. The second-order valence-electron chi connectivity index (χ2n) is 9.48. The van der Waals surface area contributed by atoms with E-state index in [1.807, 2.05) is 49.4 Å². The lowest BCUT2D eigenvalue weighted by Gasteiger charge is -2.35. The molecule has 202 valence electrons. The van der Waals surface area contributed by atoms with Crippen molar-refractivity contribution in [2.75, 3.05) is 43.4 Å². The molecule has 1 aliphatic heterocycles. The molecule has 1 aliphatic rings. The second-order valence-corrected chi connectivity index (χ2v) is 9.48. The third-order valence-corrected chi connectivity index (χ3v) is 6.98. The van der Waals surface area contributed by atoms with Crippen molar-refractivity contribution in [3.05, 3.63) is 83.8 Å². The summed E-state index contributed by atoms with van der Waals surface area (Å²) >= 11 is 0. The number of aromatic nitrogens is 2. The van der Waals surface area contributed by atoms with Gasteiger partial charge in [0.25, 0.3) is 0 Å². The number of carboxylic acids is 1. The Hall–Kier alpha value is -4.41. The fourth-order valence-corrected chi connectivity index (χ4v) is 4.88. The van der Waals surface area contributed by atoms with Crippen LogP contribution in [-0.4, -0.2) is 63.8 Å². The average molecular weight is 530 g/mol. The standard InChI is InChI=1S/C29H31N5O5/c1-19-23(5-2-6-24(19)25(18-35)28(36)37)20-7-9-21(10-8-20)39-27-16-26(31-29(30)32-27)34-13-11-33(12-14-34)17-22-4-3-15-38-22/h2-10,15-16,25,35H,11-14,17-18H2,1H3,(H,36,37)(H2,30,31,32). The Labute approximate surface area is 226 Å². The number of aliphatic hydroxyl groups excluding tert-OH is 1. The van der Waals surface area contributed by atoms with E-state index in [0.717, 1.165) is 61.0 Å². The lowest BCUT2D eigenvalue weighted by atomic mass is 9.90. The molecule has 1 unspecified atom stereocenters. The van der Waals surface area contributed by atoms with E-state index < -0.39 is 18.5 Å². The Morgan fingerprint density at radius 2 is 1.85 bits per heavy atom. The SMILES string of the molecule is Cc1c(-c2ccc(Oc3cc(N4CCN(Cc5ccco5)CC4)nc(N)n3)cc2)cccc1C(CO)C(=O)O. The van der Waals surface area contributed by atoms with Gasteiger partial charge in [-0.15, -0.1) is 0 Å². The van der Waals surface area contributed by atoms with Crippen LogP contribution in [0.2, 0.25) is 0 Å². The Morgan fingerprint density at radius 3 is 2.51 bits per heavy atom. The molecule has 1 fully saturated rings. The molecule has 4 aromatic rings. The van der Waals surface area contributed by atoms with Gasteiger partial charge in [0.1, 0.15) is 23.2 Å². The smallest absolute Gasteiger partial charge is 0.313 e. The number of anilines is 2. The van der Waals surface area contributed by atoms with Crippen molar-refractivity contribution in [2.24, 2.45) is 0 Å². The van der Waals surface area contributed by atoms with Gasteiger partial charge in [0.05, 0.1) is 19.4 Å². The van der Waals surface area contributed by atoms with Crippen molar-refractivity contribution in [3.8, 4) is 22.8 Å². The minimum absolute atomic E-state index is 0.140. The van der Waals surface area contributed by atoms with Crippen LogP contribution in [-0.2, 0) is 11.3 Å². The first-order valence-electron chi connectivity index (χ1n) is 12.8. The first-order valence-corrected chi connectivity index (χ1v) is 12.8. The highest BCUT2D eigenvalue weighted by atomic mass is 16.5. The molecule has 5 rings (SSSR count). The van der Waals surface area contributed by atoms with E-state index in [-0.39, 0.29) is 5.95 Å². The number of nitrogens with two attached hydrogens (primary N) is 1. The van der Waals surface area contributed by atoms with E-state index in [4.69, 9.17) is 14.9 Å². The summed E-state index contributed by atoms with van der Waals surface area (Å²) in [5.41, 5.74) is 9.21. The van der Waals surface area contributed by atoms with Crippen molar-refractivity contribution < 1.29 is 24.2 Å². The molecule has 0 saturated carbocycles. The van der Waals surface area contributed by atoms with Gasteiger partial charge in [-0.2, -0.15) is 9.97 Å². The average Bonchev–Trinajstić information content (AvgIpc) is 3.44. The molecule has 1 saturated heterocycles. The number of aliphatic carboxylic acids is 1. The molecular weight excluding hydrogens is 498 g/mol. The highest BCUT2D eigenvalue weighted by Gasteiger charge is 2.22. The fourth-order valence-electron chi connectivity index (χ4n) is 4.88. The Morgan fingerprint density at radius 1 is 1.08 bits per heavy atom. The molecule has 39 heavy (non-hydrogen) atoms. The number of aliphatic hydroxyl groups is 1. The Kier molecular flexibility index (Phi) is 7.76. The van der Waals surface area contributed by atoms with E-state index in [2.05, 4.69) is 19.8 Å². The van der Waals surface area contributed by atoms with Crippen LogP contribution < -0.4 is 15.4 Å². The topological polar surface area (TPSA) is 138 Å². The molecule has 2 aromatic carbocycles. The number of ether oxygens (including phenoxy) is 1. The van der Waals surface area contributed by atoms with Gasteiger partial charge in [0.15, 0.2) is 0 Å². The van der Waals surface area contributed by atoms with Crippen molar-refractivity contribution in [1.29, 1.82) is 0 Å². The summed E-state index contributed by atoms with van der Waals surface area (Å²) in [7, 11) is 0. The number of carbonyl (C=O) groups is 1. The van der Waals surface area contributed by atoms with Crippen LogP contribution in [0.5, 0.6) is 11.6 Å². The van der Waals surface area contributed by atoms with E-state index >= 15 is 0 Å². The van der Waals surface area contributed by atoms with Gasteiger partial charge in [0.2, 0.25) is 11.8 Å². The van der Waals surface area contributed by atoms with Crippen molar-refractivity contribution >= 4 is 17.7 Å². The minimum atomic E-state index is -1.05. The van der Waals surface area contributed by atoms with Crippen molar-refractivity contribution in [1.82, 2.24) is 14.9 Å². The molecule has 3 heterocycles. The maximum atomic E-state index is 11.6. The molecule has 2 aromatic heterocycles. The maximum absolute atomic E-state index is 11.6. The van der Waals surface area contributed by atoms with Crippen LogP contribution >= 0.6 is 0 Å². The first kappa shape index (κ1) is 26.2. The van der Waals surface area contributed by atoms with Gasteiger partial charge in [-0.05, 0) is 53.4 Å². The predicted molar refractivity (Wildman–Crippen MR) is 147 cm³/mol. The van der Waals surface area contributed by atoms with Crippen LogP contribution in [0.3, 0.4) is 0 Å². The molecule has 0 amide bonds. The molecule has 10 heteroatoms. The second kappa shape index (κ2) is 11.5. The van der Waals surface area contributed by atoms with Crippen LogP contribution in [0.15, 0.2) is 71.3 Å². The number of nitrogens with zero attached hydrogens (tertiary/aromatic N) is 4. The number of rotatable bonds is 9. The summed E-state index contributed by atoms with van der Waals surface area (Å²) in [5, 5.41) is 19.0. The van der Waals surface area contributed by atoms with Crippen LogP contribution in [0.4, 0.5) is 11.8 Å². The lowest BCUT2D eigenvalue weighted by Crippen LogP contribution is -2.46. The quantitative estimate of drug-likeness (QED) is 0.293. The predicted octanol–water partition coefficient (Wildman–Crippen LogP) is 3.90. The summed E-state index contributed by atoms with van der Waals surface area (Å²) in [6, 6.07) is 18.6. The van der Waals surface area contributed by atoms with Gasteiger partial charge < -0.3 is 30.0 Å². The first-order chi connectivity index (χ1) is 18.9. The van der Waals surface area contributed by atoms with Crippen LogP contribution in [0.25, 0.3) is 11.1 Å². The molecule has 4 N–H and O–H groups in total. The zero-order chi connectivity index (χ0) is 27.4. The van der Waals surface area contributed by atoms with Gasteiger partial charge in [-0.1, -0.05) is 30.3 Å². The molecular formula is C29H31N5O5. The summed E-state index contributed by atoms with van der Waals surface area (Å²) in [6.07, 6.45) is 1.69. The molecule has 0 aliphatic carbocycles. The zero-order valence-electron chi connectivity index (χ0n) is 21.7. The van der Waals surface area contributed by atoms with Crippen molar-refractivity contribution in [3.63, 3.8) is 0 Å². The molecule has 0 radical (unpaired) electrons. The summed E-state index contributed by atoms with van der Waals surface area (Å²) in [6.45, 7) is 5.51. The largest absolute Gasteiger partial charge is 0.481 e. The van der Waals surface area contributed by atoms with E-state index in [9.17, 15) is 15.0 Å². The summed E-state index contributed by atoms with van der Waals surface area (Å²) < 4.78 is 11.5. The van der Waals surface area contributed by atoms with Gasteiger partial charge in [-0.3, -0.25) is 9.69 Å². The highest BCUT2D eigenvalue weighted by Crippen LogP contribution is 2.32. The van der Waals surface area contributed by atoms with E-state index in [0.29, 0.717) is 17.2 Å². The summed E-state index contributed by atoms with van der Waals surface area (Å²) in [4.78, 5) is 24.7. The highest BCUT2D eigenvalue weighted by molar-refractivity contribution is 5.79. The van der Waals surface area contributed by atoms with Crippen LogP contribution in [0.1, 0.15) is 22.8 Å². The number of hydrogen-bond acceptors (Lipinski definition) is 9. The summed E-state index contributed by atoms with van der Waals surface area (Å²) in [5.74, 6) is 0.725. The van der Waals surface area contributed by atoms with Crippen LogP contribution in [0, 0.1) is 6.92 Å². The fraction of sp³-hybridized carbons (Fsp3) is 0.276. The Balaban J connectivity index is 1.27. The number of carboxylic acid groups (broad SMARTS) is 1. The molecule has 0 spiro atoms. The number of furan rings is 1. The van der Waals surface area contributed by atoms with Crippen molar-refractivity contribution in [2.45, 2.75) is 19.4 Å². The number of nitrogen functional groups attached to an aromatic ring is 1. The molecule has 0 bridgehead atoms. The molecule has 10 nitrogen and oxygen atoms in total. The normalized spacial score (nSPS) is 14.8. The maximum Gasteiger partial charge on any atom is 0.313 e. The monoisotopic (exact) mass is 529 g/mol. The lowest BCUT2D eigenvalue weighted by molar-refractivity contribution is -0.139. The molecule has 1 atom stereocenters. The number of benzene rings is 2. The van der Waals surface area contributed by atoms with E-state index in [1.165, 1.54) is 0 Å². The third-order valence-electron chi connectivity index (χ3n) is 6.98. The minimum Gasteiger partial charge on any atom is -0.481 e. The number of hydrogen-bond donors (Lipinski definition) is 3. The third kappa shape index (κ3) is 6.02. The zero-order valence-corrected chi connectivity index (χ0v) is 21.7. The van der Waals surface area contributed by atoms with Gasteiger partial charge in [-0.25, -0.2) is 0 Å². The van der Waals surface area contributed by atoms with Gasteiger partial charge >= 0.3 is 5.97 Å². The van der Waals surface area contributed by atoms with Gasteiger partial charge in [0, 0.05) is 32.2 Å².